The van der Waals surface area contributed by atoms with Crippen LogP contribution in [0.5, 0.6) is 0 Å². The Hall–Kier alpha value is -0.500. The summed E-state index contributed by atoms with van der Waals surface area (Å²) in [7, 11) is 0. The molecule has 0 bridgehead atoms. The van der Waals surface area contributed by atoms with E-state index in [0.717, 1.165) is 18.6 Å². The maximum absolute atomic E-state index is 8.44. The molecule has 0 heterocycles. The van der Waals surface area contributed by atoms with E-state index in [2.05, 4.69) is 6.08 Å². The lowest BCUT2D eigenvalue weighted by Crippen LogP contribution is -2.01. The van der Waals surface area contributed by atoms with E-state index < -0.39 is 0 Å². The zero-order valence-electron chi connectivity index (χ0n) is 6.18. The summed E-state index contributed by atoms with van der Waals surface area (Å²) in [5.74, 6) is 1.07. The van der Waals surface area contributed by atoms with E-state index in [0.29, 0.717) is 6.61 Å². The fourth-order valence-electron chi connectivity index (χ4n) is 1.12. The summed E-state index contributed by atoms with van der Waals surface area (Å²) < 4.78 is 5.24. The van der Waals surface area contributed by atoms with Crippen LogP contribution in [-0.4, -0.2) is 18.3 Å². The number of aliphatic hydroxyl groups is 1. The van der Waals surface area contributed by atoms with Crippen LogP contribution in [0.25, 0.3) is 0 Å². The molecule has 0 saturated heterocycles. The highest BCUT2D eigenvalue weighted by molar-refractivity contribution is 4.96. The van der Waals surface area contributed by atoms with Crippen molar-refractivity contribution in [3.05, 3.63) is 11.8 Å². The van der Waals surface area contributed by atoms with Crippen LogP contribution in [0.15, 0.2) is 11.8 Å². The van der Waals surface area contributed by atoms with E-state index in [-0.39, 0.29) is 6.61 Å². The molecule has 2 nitrogen and oxygen atoms in total. The van der Waals surface area contributed by atoms with Gasteiger partial charge in [-0.2, -0.15) is 0 Å². The van der Waals surface area contributed by atoms with Crippen molar-refractivity contribution in [1.82, 2.24) is 0 Å². The molecule has 1 aliphatic rings. The Morgan fingerprint density at radius 1 is 1.50 bits per heavy atom. The summed E-state index contributed by atoms with van der Waals surface area (Å²) in [6, 6.07) is 0. The summed E-state index contributed by atoms with van der Waals surface area (Å²) in [6.07, 6.45) is 6.84. The van der Waals surface area contributed by atoms with E-state index >= 15 is 0 Å². The minimum atomic E-state index is 0.122. The number of allylic oxidation sites excluding steroid dienone is 2. The van der Waals surface area contributed by atoms with Crippen molar-refractivity contribution in [2.75, 3.05) is 13.2 Å². The van der Waals surface area contributed by atoms with Crippen LogP contribution in [0.2, 0.25) is 0 Å². The molecule has 1 aliphatic carbocycles. The van der Waals surface area contributed by atoms with Gasteiger partial charge in [-0.05, 0) is 25.3 Å². The SMILES string of the molecule is OCCOC1=CCCCC1. The zero-order valence-corrected chi connectivity index (χ0v) is 6.18. The molecule has 0 atom stereocenters. The fourth-order valence-corrected chi connectivity index (χ4v) is 1.12. The summed E-state index contributed by atoms with van der Waals surface area (Å²) in [5.41, 5.74) is 0. The second kappa shape index (κ2) is 4.34. The van der Waals surface area contributed by atoms with Gasteiger partial charge in [0.25, 0.3) is 0 Å². The molecule has 58 valence electrons. The molecular formula is C8H14O2. The molecule has 0 aliphatic heterocycles. The molecule has 0 aromatic heterocycles. The molecule has 0 unspecified atom stereocenters. The smallest absolute Gasteiger partial charge is 0.111 e. The van der Waals surface area contributed by atoms with Gasteiger partial charge in [0.15, 0.2) is 0 Å². The van der Waals surface area contributed by atoms with Crippen LogP contribution in [0.3, 0.4) is 0 Å². The van der Waals surface area contributed by atoms with Crippen molar-refractivity contribution in [1.29, 1.82) is 0 Å². The minimum Gasteiger partial charge on any atom is -0.496 e. The van der Waals surface area contributed by atoms with Crippen LogP contribution >= 0.6 is 0 Å². The quantitative estimate of drug-likeness (QED) is 0.646. The molecule has 0 spiro atoms. The molecule has 0 radical (unpaired) electrons. The summed E-state index contributed by atoms with van der Waals surface area (Å²) in [4.78, 5) is 0. The maximum Gasteiger partial charge on any atom is 0.111 e. The molecule has 1 rings (SSSR count). The summed E-state index contributed by atoms with van der Waals surface area (Å²) in [5, 5.41) is 8.44. The molecule has 10 heavy (non-hydrogen) atoms. The van der Waals surface area contributed by atoms with Gasteiger partial charge in [0.1, 0.15) is 6.61 Å². The van der Waals surface area contributed by atoms with Gasteiger partial charge in [0, 0.05) is 6.42 Å². The predicted octanol–water partition coefficient (Wildman–Crippen LogP) is 1.45. The zero-order chi connectivity index (χ0) is 7.23. The summed E-state index contributed by atoms with van der Waals surface area (Å²) in [6.45, 7) is 0.573. The van der Waals surface area contributed by atoms with Crippen molar-refractivity contribution >= 4 is 0 Å². The highest BCUT2D eigenvalue weighted by Crippen LogP contribution is 2.17. The van der Waals surface area contributed by atoms with Crippen LogP contribution in [0.4, 0.5) is 0 Å². The average molecular weight is 142 g/mol. The molecule has 0 fully saturated rings. The van der Waals surface area contributed by atoms with Crippen molar-refractivity contribution in [2.45, 2.75) is 25.7 Å². The number of rotatable bonds is 3. The number of hydrogen-bond acceptors (Lipinski definition) is 2. The second-order valence-electron chi connectivity index (χ2n) is 2.49. The normalized spacial score (nSPS) is 18.3. The molecule has 1 N–H and O–H groups in total. The number of aliphatic hydroxyl groups excluding tert-OH is 1. The van der Waals surface area contributed by atoms with Gasteiger partial charge in [-0.15, -0.1) is 0 Å². The van der Waals surface area contributed by atoms with E-state index in [1.54, 1.807) is 0 Å². The first-order valence-electron chi connectivity index (χ1n) is 3.86. The number of hydrogen-bond donors (Lipinski definition) is 1. The van der Waals surface area contributed by atoms with Gasteiger partial charge in [0.05, 0.1) is 12.4 Å². The molecule has 0 saturated carbocycles. The van der Waals surface area contributed by atoms with Gasteiger partial charge < -0.3 is 9.84 Å². The van der Waals surface area contributed by atoms with Crippen LogP contribution in [0, 0.1) is 0 Å². The lowest BCUT2D eigenvalue weighted by Gasteiger charge is -2.12. The Balaban J connectivity index is 2.18. The van der Waals surface area contributed by atoms with E-state index in [1.807, 2.05) is 0 Å². The Kier molecular flexibility index (Phi) is 3.30. The van der Waals surface area contributed by atoms with E-state index in [4.69, 9.17) is 9.84 Å². The molecular weight excluding hydrogens is 128 g/mol. The maximum atomic E-state index is 8.44. The third kappa shape index (κ3) is 2.40. The van der Waals surface area contributed by atoms with Gasteiger partial charge in [-0.25, -0.2) is 0 Å². The standard InChI is InChI=1S/C8H14O2/c9-6-7-10-8-4-2-1-3-5-8/h4,9H,1-3,5-7H2. The highest BCUT2D eigenvalue weighted by Gasteiger charge is 2.02. The highest BCUT2D eigenvalue weighted by atomic mass is 16.5. The Bertz CT molecular complexity index is 118. The Labute approximate surface area is 61.5 Å². The summed E-state index contributed by atoms with van der Waals surface area (Å²) >= 11 is 0. The molecule has 0 amide bonds. The van der Waals surface area contributed by atoms with E-state index in [9.17, 15) is 0 Å². The number of ether oxygens (including phenoxy) is 1. The van der Waals surface area contributed by atoms with Crippen LogP contribution in [-0.2, 0) is 4.74 Å². The molecule has 0 aromatic rings. The van der Waals surface area contributed by atoms with Crippen molar-refractivity contribution < 1.29 is 9.84 Å². The minimum absolute atomic E-state index is 0.122. The van der Waals surface area contributed by atoms with Gasteiger partial charge in [0.2, 0.25) is 0 Å². The second-order valence-corrected chi connectivity index (χ2v) is 2.49. The largest absolute Gasteiger partial charge is 0.496 e. The van der Waals surface area contributed by atoms with Crippen molar-refractivity contribution in [3.63, 3.8) is 0 Å². The molecule has 0 aromatic carbocycles. The Morgan fingerprint density at radius 2 is 2.40 bits per heavy atom. The topological polar surface area (TPSA) is 29.5 Å². The first-order valence-corrected chi connectivity index (χ1v) is 3.86. The monoisotopic (exact) mass is 142 g/mol. The van der Waals surface area contributed by atoms with Gasteiger partial charge >= 0.3 is 0 Å². The van der Waals surface area contributed by atoms with Crippen LogP contribution in [0.1, 0.15) is 25.7 Å². The lowest BCUT2D eigenvalue weighted by molar-refractivity contribution is 0.136. The third-order valence-electron chi connectivity index (χ3n) is 1.63. The van der Waals surface area contributed by atoms with E-state index in [1.165, 1.54) is 12.8 Å². The van der Waals surface area contributed by atoms with Crippen molar-refractivity contribution in [2.24, 2.45) is 0 Å². The average Bonchev–Trinajstić information content (AvgIpc) is 2.03. The first-order chi connectivity index (χ1) is 4.93. The third-order valence-corrected chi connectivity index (χ3v) is 1.63. The fraction of sp³-hybridized carbons (Fsp3) is 0.750. The predicted molar refractivity (Wildman–Crippen MR) is 39.6 cm³/mol. The Morgan fingerprint density at radius 3 is 3.00 bits per heavy atom. The molecule has 2 heteroatoms. The lowest BCUT2D eigenvalue weighted by atomic mass is 10.1. The van der Waals surface area contributed by atoms with Crippen molar-refractivity contribution in [3.8, 4) is 0 Å². The van der Waals surface area contributed by atoms with Crippen LogP contribution < -0.4 is 0 Å². The van der Waals surface area contributed by atoms with Gasteiger partial charge in [-0.3, -0.25) is 0 Å². The van der Waals surface area contributed by atoms with Gasteiger partial charge in [-0.1, -0.05) is 0 Å². The first kappa shape index (κ1) is 7.61.